The maximum Gasteiger partial charge on any atom is 0.347 e. The zero-order valence-corrected chi connectivity index (χ0v) is 14.7. The van der Waals surface area contributed by atoms with E-state index in [1.807, 2.05) is 38.1 Å². The Balaban J connectivity index is 1.75. The molecule has 0 aliphatic heterocycles. The molecule has 4 aromatic rings. The smallest absolute Gasteiger partial charge is 0.347 e. The number of pyridine rings is 1. The predicted octanol–water partition coefficient (Wildman–Crippen LogP) is 4.00. The first-order valence-corrected chi connectivity index (χ1v) is 8.18. The van der Waals surface area contributed by atoms with Crippen LogP contribution in [0.3, 0.4) is 0 Å². The number of hydrogen-bond acceptors (Lipinski definition) is 5. The minimum atomic E-state index is -0.277. The first-order valence-electron chi connectivity index (χ1n) is 8.18. The molecule has 0 bridgehead atoms. The van der Waals surface area contributed by atoms with E-state index in [0.29, 0.717) is 11.6 Å². The molecule has 0 saturated carbocycles. The molecule has 0 N–H and O–H groups in total. The minimum absolute atomic E-state index is 0.277. The molecule has 4 rings (SSSR count). The molecular weight excluding hydrogens is 330 g/mol. The summed E-state index contributed by atoms with van der Waals surface area (Å²) in [7, 11) is 1.73. The standard InChI is InChI=1S/C20H17N3O3/c1-12-10-14(26-19-16-7-9-25-17(16)6-8-21-19)4-5-15(12)18-13(2)11-22-20(24)23(18)3/h4-11H,1-3H3. The number of aryl methyl sites for hydroxylation is 2. The average molecular weight is 347 g/mol. The van der Waals surface area contributed by atoms with E-state index < -0.39 is 0 Å². The molecule has 0 aliphatic rings. The van der Waals surface area contributed by atoms with E-state index in [2.05, 4.69) is 9.97 Å². The van der Waals surface area contributed by atoms with Gasteiger partial charge in [0.1, 0.15) is 11.3 Å². The van der Waals surface area contributed by atoms with E-state index in [4.69, 9.17) is 9.15 Å². The van der Waals surface area contributed by atoms with E-state index in [1.165, 1.54) is 0 Å². The van der Waals surface area contributed by atoms with Crippen LogP contribution in [0.4, 0.5) is 0 Å². The van der Waals surface area contributed by atoms with E-state index in [1.54, 1.807) is 36.3 Å². The lowest BCUT2D eigenvalue weighted by atomic mass is 10.0. The Morgan fingerprint density at radius 2 is 1.92 bits per heavy atom. The molecule has 6 nitrogen and oxygen atoms in total. The molecule has 6 heteroatoms. The fourth-order valence-electron chi connectivity index (χ4n) is 3.08. The predicted molar refractivity (Wildman–Crippen MR) is 98.5 cm³/mol. The van der Waals surface area contributed by atoms with Crippen LogP contribution in [0.2, 0.25) is 0 Å². The van der Waals surface area contributed by atoms with Crippen LogP contribution in [0.25, 0.3) is 22.2 Å². The van der Waals surface area contributed by atoms with Crippen LogP contribution in [0.15, 0.2) is 58.2 Å². The van der Waals surface area contributed by atoms with Crippen LogP contribution in [0, 0.1) is 13.8 Å². The molecule has 0 radical (unpaired) electrons. The van der Waals surface area contributed by atoms with Crippen molar-refractivity contribution >= 4 is 11.0 Å². The summed E-state index contributed by atoms with van der Waals surface area (Å²) in [5.74, 6) is 1.17. The first kappa shape index (κ1) is 16.1. The van der Waals surface area contributed by atoms with Gasteiger partial charge in [0.25, 0.3) is 0 Å². The fourth-order valence-corrected chi connectivity index (χ4v) is 3.08. The van der Waals surface area contributed by atoms with Gasteiger partial charge in [0, 0.05) is 25.0 Å². The number of fused-ring (bicyclic) bond motifs is 1. The van der Waals surface area contributed by atoms with Crippen LogP contribution < -0.4 is 10.4 Å². The lowest BCUT2D eigenvalue weighted by Gasteiger charge is -2.14. The molecule has 0 atom stereocenters. The number of aromatic nitrogens is 3. The van der Waals surface area contributed by atoms with Crippen LogP contribution in [-0.4, -0.2) is 14.5 Å². The molecule has 3 heterocycles. The molecule has 26 heavy (non-hydrogen) atoms. The molecule has 0 saturated heterocycles. The number of hydrogen-bond donors (Lipinski definition) is 0. The Hall–Kier alpha value is -3.41. The Morgan fingerprint density at radius 3 is 2.73 bits per heavy atom. The maximum absolute atomic E-state index is 11.9. The van der Waals surface area contributed by atoms with Gasteiger partial charge in [0.2, 0.25) is 5.88 Å². The van der Waals surface area contributed by atoms with E-state index >= 15 is 0 Å². The summed E-state index contributed by atoms with van der Waals surface area (Å²) in [6.07, 6.45) is 4.86. The maximum atomic E-state index is 11.9. The highest BCUT2D eigenvalue weighted by Crippen LogP contribution is 2.32. The third-order valence-electron chi connectivity index (χ3n) is 4.38. The van der Waals surface area contributed by atoms with Gasteiger partial charge in [-0.15, -0.1) is 0 Å². The molecule has 0 fully saturated rings. The number of ether oxygens (including phenoxy) is 1. The zero-order chi connectivity index (χ0) is 18.3. The zero-order valence-electron chi connectivity index (χ0n) is 14.7. The summed E-state index contributed by atoms with van der Waals surface area (Å²) in [5.41, 5.74) is 4.20. The summed E-state index contributed by atoms with van der Waals surface area (Å²) in [6.45, 7) is 3.92. The Bertz CT molecular complexity index is 1170. The second-order valence-corrected chi connectivity index (χ2v) is 6.16. The van der Waals surface area contributed by atoms with Crippen molar-refractivity contribution in [3.05, 3.63) is 70.6 Å². The average Bonchev–Trinajstić information content (AvgIpc) is 3.10. The molecule has 1 aromatic carbocycles. The van der Waals surface area contributed by atoms with Crippen LogP contribution in [0.5, 0.6) is 11.6 Å². The summed E-state index contributed by atoms with van der Waals surface area (Å²) in [5, 5.41) is 0.821. The molecule has 0 unspecified atom stereocenters. The van der Waals surface area contributed by atoms with E-state index in [-0.39, 0.29) is 5.69 Å². The summed E-state index contributed by atoms with van der Waals surface area (Å²) in [6, 6.07) is 9.37. The van der Waals surface area contributed by atoms with Gasteiger partial charge < -0.3 is 9.15 Å². The lowest BCUT2D eigenvalue weighted by Crippen LogP contribution is -2.22. The van der Waals surface area contributed by atoms with Crippen molar-refractivity contribution in [1.82, 2.24) is 14.5 Å². The summed E-state index contributed by atoms with van der Waals surface area (Å²) >= 11 is 0. The highest BCUT2D eigenvalue weighted by Gasteiger charge is 2.13. The van der Waals surface area contributed by atoms with Gasteiger partial charge in [-0.2, -0.15) is 0 Å². The molecular formula is C20H17N3O3. The van der Waals surface area contributed by atoms with Crippen molar-refractivity contribution < 1.29 is 9.15 Å². The third kappa shape index (κ3) is 2.65. The summed E-state index contributed by atoms with van der Waals surface area (Å²) < 4.78 is 12.9. The number of benzene rings is 1. The van der Waals surface area contributed by atoms with Gasteiger partial charge in [-0.1, -0.05) is 0 Å². The van der Waals surface area contributed by atoms with Crippen molar-refractivity contribution in [3.63, 3.8) is 0 Å². The van der Waals surface area contributed by atoms with Crippen LogP contribution in [0.1, 0.15) is 11.1 Å². The van der Waals surface area contributed by atoms with Gasteiger partial charge in [-0.05, 0) is 55.3 Å². The van der Waals surface area contributed by atoms with Crippen LogP contribution >= 0.6 is 0 Å². The Morgan fingerprint density at radius 1 is 1.08 bits per heavy atom. The normalized spacial score (nSPS) is 11.0. The summed E-state index contributed by atoms with van der Waals surface area (Å²) in [4.78, 5) is 20.0. The van der Waals surface area contributed by atoms with Crippen molar-refractivity contribution in [3.8, 4) is 22.9 Å². The molecule has 0 amide bonds. The second kappa shape index (κ2) is 6.15. The highest BCUT2D eigenvalue weighted by atomic mass is 16.5. The van der Waals surface area contributed by atoms with Crippen molar-refractivity contribution in [2.24, 2.45) is 7.05 Å². The second-order valence-electron chi connectivity index (χ2n) is 6.16. The number of nitrogens with zero attached hydrogens (tertiary/aromatic N) is 3. The van der Waals surface area contributed by atoms with Gasteiger partial charge in [-0.3, -0.25) is 4.57 Å². The first-order chi connectivity index (χ1) is 12.5. The van der Waals surface area contributed by atoms with Crippen molar-refractivity contribution in [1.29, 1.82) is 0 Å². The van der Waals surface area contributed by atoms with E-state index in [9.17, 15) is 4.79 Å². The fraction of sp³-hybridized carbons (Fsp3) is 0.150. The number of furan rings is 1. The lowest BCUT2D eigenvalue weighted by molar-refractivity contribution is 0.468. The largest absolute Gasteiger partial charge is 0.464 e. The molecule has 3 aromatic heterocycles. The quantitative estimate of drug-likeness (QED) is 0.560. The highest BCUT2D eigenvalue weighted by molar-refractivity contribution is 5.82. The topological polar surface area (TPSA) is 70.2 Å². The van der Waals surface area contributed by atoms with Gasteiger partial charge in [-0.25, -0.2) is 14.8 Å². The Kier molecular flexibility index (Phi) is 3.80. The molecule has 0 aliphatic carbocycles. The number of rotatable bonds is 3. The van der Waals surface area contributed by atoms with Crippen molar-refractivity contribution in [2.75, 3.05) is 0 Å². The minimum Gasteiger partial charge on any atom is -0.464 e. The van der Waals surface area contributed by atoms with Gasteiger partial charge in [0.15, 0.2) is 0 Å². The monoisotopic (exact) mass is 347 g/mol. The Labute approximate surface area is 149 Å². The van der Waals surface area contributed by atoms with Gasteiger partial charge in [0.05, 0.1) is 17.3 Å². The SMILES string of the molecule is Cc1cc(Oc2nccc3occc23)ccc1-c1c(C)cnc(=O)n1C. The van der Waals surface area contributed by atoms with Gasteiger partial charge >= 0.3 is 5.69 Å². The van der Waals surface area contributed by atoms with Crippen LogP contribution in [-0.2, 0) is 7.05 Å². The third-order valence-corrected chi connectivity index (χ3v) is 4.38. The van der Waals surface area contributed by atoms with Crippen molar-refractivity contribution in [2.45, 2.75) is 13.8 Å². The molecule has 130 valence electrons. The van der Waals surface area contributed by atoms with E-state index in [0.717, 1.165) is 33.4 Å². The molecule has 0 spiro atoms.